The van der Waals surface area contributed by atoms with Crippen molar-refractivity contribution in [3.63, 3.8) is 0 Å². The first kappa shape index (κ1) is 18.3. The third kappa shape index (κ3) is 5.23. The maximum absolute atomic E-state index is 11.5. The number of hydrogen-bond acceptors (Lipinski definition) is 4. The zero-order chi connectivity index (χ0) is 16.7. The van der Waals surface area contributed by atoms with Gasteiger partial charge in [0, 0.05) is 17.5 Å². The minimum Gasteiger partial charge on any atom is -0.480 e. The first-order chi connectivity index (χ1) is 11.2. The number of thioether (sulfide) groups is 1. The molecule has 0 heterocycles. The van der Waals surface area contributed by atoms with Gasteiger partial charge in [0.2, 0.25) is 0 Å². The molecule has 5 heteroatoms. The van der Waals surface area contributed by atoms with Gasteiger partial charge in [0.05, 0.1) is 11.4 Å². The summed E-state index contributed by atoms with van der Waals surface area (Å²) in [6, 6.07) is 9.98. The van der Waals surface area contributed by atoms with Gasteiger partial charge < -0.3 is 15.2 Å². The van der Waals surface area contributed by atoms with E-state index in [1.807, 2.05) is 25.1 Å². The van der Waals surface area contributed by atoms with Crippen LogP contribution in [0.2, 0.25) is 0 Å². The molecule has 0 aliphatic heterocycles. The van der Waals surface area contributed by atoms with Gasteiger partial charge in [-0.2, -0.15) is 0 Å². The number of hydrogen-bond donors (Lipinski definition) is 2. The normalized spacial score (nSPS) is 24.9. The molecule has 0 radical (unpaired) electrons. The molecule has 0 aromatic heterocycles. The molecule has 1 saturated carbocycles. The zero-order valence-corrected chi connectivity index (χ0v) is 14.7. The van der Waals surface area contributed by atoms with E-state index >= 15 is 0 Å². The lowest BCUT2D eigenvalue weighted by Gasteiger charge is -2.45. The minimum atomic E-state index is -0.748. The SMILES string of the molecule is CCCC[C@H](NC1C[C@@H](OCC)[C@@H]1Sc1ccccc1)C(=O)O. The first-order valence-corrected chi connectivity index (χ1v) is 9.35. The summed E-state index contributed by atoms with van der Waals surface area (Å²) < 4.78 is 5.81. The highest BCUT2D eigenvalue weighted by atomic mass is 32.2. The topological polar surface area (TPSA) is 58.6 Å². The third-order valence-corrected chi connectivity index (χ3v) is 5.65. The van der Waals surface area contributed by atoms with Crippen LogP contribution in [0.15, 0.2) is 35.2 Å². The zero-order valence-electron chi connectivity index (χ0n) is 13.9. The number of rotatable bonds is 10. The lowest BCUT2D eigenvalue weighted by atomic mass is 9.87. The number of nitrogens with one attached hydrogen (secondary N) is 1. The van der Waals surface area contributed by atoms with Gasteiger partial charge in [0.1, 0.15) is 6.04 Å². The van der Waals surface area contributed by atoms with E-state index in [0.717, 1.165) is 19.3 Å². The summed E-state index contributed by atoms with van der Waals surface area (Å²) >= 11 is 1.78. The number of unbranched alkanes of at least 4 members (excludes halogenated alkanes) is 1. The van der Waals surface area contributed by atoms with Crippen molar-refractivity contribution in [3.05, 3.63) is 30.3 Å². The Balaban J connectivity index is 1.97. The molecule has 0 bridgehead atoms. The van der Waals surface area contributed by atoms with E-state index in [0.29, 0.717) is 13.0 Å². The van der Waals surface area contributed by atoms with E-state index in [-0.39, 0.29) is 17.4 Å². The molecular formula is C18H27NO3S. The van der Waals surface area contributed by atoms with Gasteiger partial charge in [-0.25, -0.2) is 0 Å². The van der Waals surface area contributed by atoms with E-state index in [4.69, 9.17) is 4.74 Å². The molecule has 1 fully saturated rings. The second-order valence-corrected chi connectivity index (χ2v) is 7.18. The number of carbonyl (C=O) groups is 1. The predicted octanol–water partition coefficient (Wildman–Crippen LogP) is 3.56. The fourth-order valence-electron chi connectivity index (χ4n) is 2.88. The maximum atomic E-state index is 11.5. The molecule has 23 heavy (non-hydrogen) atoms. The van der Waals surface area contributed by atoms with E-state index in [1.165, 1.54) is 4.90 Å². The molecule has 2 N–H and O–H groups in total. The fourth-order valence-corrected chi connectivity index (χ4v) is 4.20. The molecule has 4 atom stereocenters. The summed E-state index contributed by atoms with van der Waals surface area (Å²) in [6.07, 6.45) is 3.71. The summed E-state index contributed by atoms with van der Waals surface area (Å²) in [5.41, 5.74) is 0. The lowest BCUT2D eigenvalue weighted by Crippen LogP contribution is -2.60. The summed E-state index contributed by atoms with van der Waals surface area (Å²) in [5.74, 6) is -0.748. The molecule has 1 aromatic carbocycles. The molecule has 1 aromatic rings. The number of carboxylic acid groups (broad SMARTS) is 1. The van der Waals surface area contributed by atoms with Crippen LogP contribution < -0.4 is 5.32 Å². The molecule has 0 spiro atoms. The standard InChI is InChI=1S/C18H27NO3S/c1-3-5-11-14(18(20)21)19-15-12-16(22-4-2)17(15)23-13-9-7-6-8-10-13/h6-10,14-17,19H,3-5,11-12H2,1-2H3,(H,20,21)/t14-,15?,16+,17+/m0/s1. The second kappa shape index (κ2) is 9.30. The van der Waals surface area contributed by atoms with E-state index in [2.05, 4.69) is 24.4 Å². The van der Waals surface area contributed by atoms with E-state index in [1.54, 1.807) is 11.8 Å². The Morgan fingerprint density at radius 1 is 1.39 bits per heavy atom. The molecule has 128 valence electrons. The van der Waals surface area contributed by atoms with Gasteiger partial charge in [0.25, 0.3) is 0 Å². The van der Waals surface area contributed by atoms with Crippen molar-refractivity contribution in [2.24, 2.45) is 0 Å². The van der Waals surface area contributed by atoms with Gasteiger partial charge in [-0.1, -0.05) is 38.0 Å². The summed E-state index contributed by atoms with van der Waals surface area (Å²) in [5, 5.41) is 13.0. The molecule has 2 rings (SSSR count). The number of aliphatic carboxylic acids is 1. The largest absolute Gasteiger partial charge is 0.480 e. The van der Waals surface area contributed by atoms with Crippen LogP contribution in [0.3, 0.4) is 0 Å². The summed E-state index contributed by atoms with van der Waals surface area (Å²) in [7, 11) is 0. The van der Waals surface area contributed by atoms with Gasteiger partial charge in [-0.3, -0.25) is 4.79 Å². The highest BCUT2D eigenvalue weighted by Gasteiger charge is 2.43. The molecule has 4 nitrogen and oxygen atoms in total. The average molecular weight is 337 g/mol. The van der Waals surface area contributed by atoms with Crippen LogP contribution in [0.4, 0.5) is 0 Å². The van der Waals surface area contributed by atoms with Crippen molar-refractivity contribution in [1.29, 1.82) is 0 Å². The molecule has 0 amide bonds. The molecule has 1 aliphatic carbocycles. The molecule has 1 aliphatic rings. The van der Waals surface area contributed by atoms with Crippen LogP contribution in [0.25, 0.3) is 0 Å². The Bertz CT molecular complexity index is 482. The van der Waals surface area contributed by atoms with Gasteiger partial charge in [-0.15, -0.1) is 11.8 Å². The number of carboxylic acids is 1. The minimum absolute atomic E-state index is 0.190. The first-order valence-electron chi connectivity index (χ1n) is 8.47. The fraction of sp³-hybridized carbons (Fsp3) is 0.611. The van der Waals surface area contributed by atoms with Gasteiger partial charge >= 0.3 is 5.97 Å². The number of benzene rings is 1. The highest BCUT2D eigenvalue weighted by Crippen LogP contribution is 2.39. The molecule has 0 saturated heterocycles. The van der Waals surface area contributed by atoms with Crippen LogP contribution in [0.1, 0.15) is 39.5 Å². The smallest absolute Gasteiger partial charge is 0.320 e. The van der Waals surface area contributed by atoms with Crippen LogP contribution >= 0.6 is 11.8 Å². The Hall–Kier alpha value is -1.04. The van der Waals surface area contributed by atoms with Crippen molar-refractivity contribution in [3.8, 4) is 0 Å². The van der Waals surface area contributed by atoms with Crippen LogP contribution in [0.5, 0.6) is 0 Å². The van der Waals surface area contributed by atoms with Crippen molar-refractivity contribution >= 4 is 17.7 Å². The predicted molar refractivity (Wildman–Crippen MR) is 94.0 cm³/mol. The lowest BCUT2D eigenvalue weighted by molar-refractivity contribution is -0.140. The quantitative estimate of drug-likeness (QED) is 0.684. The van der Waals surface area contributed by atoms with Crippen molar-refractivity contribution in [2.45, 2.75) is 67.9 Å². The van der Waals surface area contributed by atoms with Crippen molar-refractivity contribution in [1.82, 2.24) is 5.32 Å². The highest BCUT2D eigenvalue weighted by molar-refractivity contribution is 8.00. The Morgan fingerprint density at radius 2 is 2.13 bits per heavy atom. The van der Waals surface area contributed by atoms with E-state index < -0.39 is 12.0 Å². The number of ether oxygens (including phenoxy) is 1. The van der Waals surface area contributed by atoms with Gasteiger partial charge in [-0.05, 0) is 31.9 Å². The van der Waals surface area contributed by atoms with E-state index in [9.17, 15) is 9.90 Å². The maximum Gasteiger partial charge on any atom is 0.320 e. The Morgan fingerprint density at radius 3 is 2.74 bits per heavy atom. The van der Waals surface area contributed by atoms with Crippen LogP contribution in [-0.4, -0.2) is 41.1 Å². The Labute approximate surface area is 143 Å². The average Bonchev–Trinajstić information content (AvgIpc) is 2.55. The van der Waals surface area contributed by atoms with Crippen LogP contribution in [0, 0.1) is 0 Å². The van der Waals surface area contributed by atoms with Crippen LogP contribution in [-0.2, 0) is 9.53 Å². The van der Waals surface area contributed by atoms with Crippen molar-refractivity contribution < 1.29 is 14.6 Å². The second-order valence-electron chi connectivity index (χ2n) is 5.93. The molecular weight excluding hydrogens is 310 g/mol. The third-order valence-electron chi connectivity index (χ3n) is 4.21. The monoisotopic (exact) mass is 337 g/mol. The molecule has 1 unspecified atom stereocenters. The Kier molecular flexibility index (Phi) is 7.40. The van der Waals surface area contributed by atoms with Crippen molar-refractivity contribution in [2.75, 3.05) is 6.61 Å². The summed E-state index contributed by atoms with van der Waals surface area (Å²) in [6.45, 7) is 4.79. The van der Waals surface area contributed by atoms with Gasteiger partial charge in [0.15, 0.2) is 0 Å². The summed E-state index contributed by atoms with van der Waals surface area (Å²) in [4.78, 5) is 12.7.